The highest BCUT2D eigenvalue weighted by Crippen LogP contribution is 2.31. The molecular formula is C26H46O2. The maximum absolute atomic E-state index is 9.93. The first-order valence-corrected chi connectivity index (χ1v) is 11.6. The molecule has 0 radical (unpaired) electrons. The summed E-state index contributed by atoms with van der Waals surface area (Å²) in [7, 11) is 0. The highest BCUT2D eigenvalue weighted by molar-refractivity contribution is 5.45. The second kappa shape index (κ2) is 11.7. The van der Waals surface area contributed by atoms with E-state index in [1.165, 1.54) is 62.5 Å². The Hall–Kier alpha value is -1.18. The SMILES string of the molecule is CCC(C)(C)CCCCCCc1cc(O)c(O)cc1CCCCCC(C)(C)C. The Morgan fingerprint density at radius 1 is 0.643 bits per heavy atom. The Labute approximate surface area is 174 Å². The highest BCUT2D eigenvalue weighted by atomic mass is 16.3. The normalized spacial score (nSPS) is 12.5. The van der Waals surface area contributed by atoms with E-state index < -0.39 is 0 Å². The van der Waals surface area contributed by atoms with Crippen LogP contribution in [-0.4, -0.2) is 10.2 Å². The van der Waals surface area contributed by atoms with Gasteiger partial charge in [0.15, 0.2) is 11.5 Å². The molecule has 2 nitrogen and oxygen atoms in total. The summed E-state index contributed by atoms with van der Waals surface area (Å²) in [4.78, 5) is 0. The van der Waals surface area contributed by atoms with Crippen LogP contribution in [0.3, 0.4) is 0 Å². The predicted octanol–water partition coefficient (Wildman–Crippen LogP) is 8.18. The molecule has 0 heterocycles. The molecule has 0 fully saturated rings. The Morgan fingerprint density at radius 3 is 1.54 bits per heavy atom. The second-order valence-corrected chi connectivity index (χ2v) is 10.7. The molecule has 0 saturated carbocycles. The lowest BCUT2D eigenvalue weighted by atomic mass is 9.84. The zero-order valence-corrected chi connectivity index (χ0v) is 19.5. The van der Waals surface area contributed by atoms with E-state index >= 15 is 0 Å². The fourth-order valence-electron chi connectivity index (χ4n) is 3.73. The van der Waals surface area contributed by atoms with Crippen LogP contribution in [0.2, 0.25) is 0 Å². The third kappa shape index (κ3) is 10.4. The summed E-state index contributed by atoms with van der Waals surface area (Å²) in [5.74, 6) is 0.0476. The summed E-state index contributed by atoms with van der Waals surface area (Å²) >= 11 is 0. The van der Waals surface area contributed by atoms with Gasteiger partial charge in [0.1, 0.15) is 0 Å². The molecule has 0 aliphatic heterocycles. The van der Waals surface area contributed by atoms with Crippen LogP contribution in [0.1, 0.15) is 117 Å². The van der Waals surface area contributed by atoms with Gasteiger partial charge in [-0.25, -0.2) is 0 Å². The molecule has 0 bridgehead atoms. The van der Waals surface area contributed by atoms with Gasteiger partial charge in [0.25, 0.3) is 0 Å². The number of aryl methyl sites for hydroxylation is 2. The number of hydrogen-bond donors (Lipinski definition) is 2. The number of phenolic OH excluding ortho intramolecular Hbond substituents is 2. The van der Waals surface area contributed by atoms with E-state index in [9.17, 15) is 10.2 Å². The minimum Gasteiger partial charge on any atom is -0.504 e. The molecular weight excluding hydrogens is 344 g/mol. The molecule has 0 spiro atoms. The largest absolute Gasteiger partial charge is 0.504 e. The van der Waals surface area contributed by atoms with E-state index in [0.29, 0.717) is 10.8 Å². The number of rotatable bonds is 13. The van der Waals surface area contributed by atoms with Crippen LogP contribution in [-0.2, 0) is 12.8 Å². The first-order valence-electron chi connectivity index (χ1n) is 11.6. The van der Waals surface area contributed by atoms with Gasteiger partial charge in [-0.1, -0.05) is 80.1 Å². The molecule has 1 aromatic carbocycles. The Morgan fingerprint density at radius 2 is 1.07 bits per heavy atom. The first kappa shape index (κ1) is 24.9. The highest BCUT2D eigenvalue weighted by Gasteiger charge is 2.14. The van der Waals surface area contributed by atoms with Gasteiger partial charge in [0.05, 0.1) is 0 Å². The molecule has 162 valence electrons. The van der Waals surface area contributed by atoms with Gasteiger partial charge in [-0.15, -0.1) is 0 Å². The number of hydrogen-bond acceptors (Lipinski definition) is 2. The second-order valence-electron chi connectivity index (χ2n) is 10.7. The van der Waals surface area contributed by atoms with E-state index in [1.807, 2.05) is 0 Å². The van der Waals surface area contributed by atoms with Crippen molar-refractivity contribution in [2.45, 2.75) is 119 Å². The molecule has 0 unspecified atom stereocenters. The molecule has 1 rings (SSSR count). The Balaban J connectivity index is 2.44. The molecule has 0 amide bonds. The van der Waals surface area contributed by atoms with Gasteiger partial charge in [0, 0.05) is 0 Å². The van der Waals surface area contributed by atoms with E-state index in [4.69, 9.17) is 0 Å². The zero-order valence-electron chi connectivity index (χ0n) is 19.5. The quantitative estimate of drug-likeness (QED) is 0.263. The molecule has 2 heteroatoms. The van der Waals surface area contributed by atoms with Crippen molar-refractivity contribution in [1.29, 1.82) is 0 Å². The lowest BCUT2D eigenvalue weighted by molar-refractivity contribution is 0.307. The fourth-order valence-corrected chi connectivity index (χ4v) is 3.73. The van der Waals surface area contributed by atoms with Crippen molar-refractivity contribution in [3.63, 3.8) is 0 Å². The standard InChI is InChI=1S/C26H46O2/c1-7-26(5,6)18-14-9-8-11-15-21-19-23(27)24(28)20-22(21)16-12-10-13-17-25(2,3)4/h19-20,27-28H,7-18H2,1-6H3. The van der Waals surface area contributed by atoms with Crippen LogP contribution in [0.5, 0.6) is 11.5 Å². The number of benzene rings is 1. The van der Waals surface area contributed by atoms with Crippen LogP contribution in [0.25, 0.3) is 0 Å². The summed E-state index contributed by atoms with van der Waals surface area (Å²) < 4.78 is 0. The van der Waals surface area contributed by atoms with E-state index in [-0.39, 0.29) is 11.5 Å². The van der Waals surface area contributed by atoms with E-state index in [0.717, 1.165) is 25.7 Å². The van der Waals surface area contributed by atoms with Crippen molar-refractivity contribution < 1.29 is 10.2 Å². The van der Waals surface area contributed by atoms with Crippen molar-refractivity contribution >= 4 is 0 Å². The molecule has 0 saturated heterocycles. The monoisotopic (exact) mass is 390 g/mol. The van der Waals surface area contributed by atoms with Crippen molar-refractivity contribution in [1.82, 2.24) is 0 Å². The minimum absolute atomic E-state index is 0.0234. The average molecular weight is 391 g/mol. The van der Waals surface area contributed by atoms with Crippen molar-refractivity contribution in [3.8, 4) is 11.5 Å². The topological polar surface area (TPSA) is 40.5 Å². The van der Waals surface area contributed by atoms with Gasteiger partial charge in [0.2, 0.25) is 0 Å². The summed E-state index contributed by atoms with van der Waals surface area (Å²) in [5.41, 5.74) is 3.33. The van der Waals surface area contributed by atoms with Crippen LogP contribution in [0, 0.1) is 10.8 Å². The molecule has 0 aromatic heterocycles. The lowest BCUT2D eigenvalue weighted by Crippen LogP contribution is -2.08. The summed E-state index contributed by atoms with van der Waals surface area (Å²) in [5, 5.41) is 19.9. The van der Waals surface area contributed by atoms with E-state index in [1.54, 1.807) is 12.1 Å². The van der Waals surface area contributed by atoms with Crippen molar-refractivity contribution in [2.75, 3.05) is 0 Å². The third-order valence-corrected chi connectivity index (χ3v) is 6.18. The lowest BCUT2D eigenvalue weighted by Gasteiger charge is -2.22. The molecule has 0 aliphatic rings. The van der Waals surface area contributed by atoms with Gasteiger partial charge in [-0.05, 0) is 72.6 Å². The summed E-state index contributed by atoms with van der Waals surface area (Å²) in [6, 6.07) is 3.58. The molecule has 0 atom stereocenters. The Kier molecular flexibility index (Phi) is 10.4. The molecule has 2 N–H and O–H groups in total. The van der Waals surface area contributed by atoms with Crippen LogP contribution in [0.15, 0.2) is 12.1 Å². The van der Waals surface area contributed by atoms with E-state index in [2.05, 4.69) is 41.5 Å². The molecule has 28 heavy (non-hydrogen) atoms. The maximum atomic E-state index is 9.93. The van der Waals surface area contributed by atoms with Gasteiger partial charge in [-0.3, -0.25) is 0 Å². The van der Waals surface area contributed by atoms with Crippen LogP contribution in [0.4, 0.5) is 0 Å². The zero-order chi connectivity index (χ0) is 21.2. The van der Waals surface area contributed by atoms with Crippen molar-refractivity contribution in [3.05, 3.63) is 23.3 Å². The smallest absolute Gasteiger partial charge is 0.157 e. The van der Waals surface area contributed by atoms with Gasteiger partial charge in [-0.2, -0.15) is 0 Å². The summed E-state index contributed by atoms with van der Waals surface area (Å²) in [6.07, 6.45) is 14.5. The van der Waals surface area contributed by atoms with Gasteiger partial charge >= 0.3 is 0 Å². The van der Waals surface area contributed by atoms with Crippen molar-refractivity contribution in [2.24, 2.45) is 10.8 Å². The number of aromatic hydroxyl groups is 2. The number of phenols is 2. The Bertz CT molecular complexity index is 567. The fraction of sp³-hybridized carbons (Fsp3) is 0.769. The molecule has 0 aliphatic carbocycles. The predicted molar refractivity (Wildman–Crippen MR) is 122 cm³/mol. The van der Waals surface area contributed by atoms with Crippen LogP contribution < -0.4 is 0 Å². The maximum Gasteiger partial charge on any atom is 0.157 e. The average Bonchev–Trinajstić information content (AvgIpc) is 2.60. The van der Waals surface area contributed by atoms with Gasteiger partial charge < -0.3 is 10.2 Å². The first-order chi connectivity index (χ1) is 13.0. The minimum atomic E-state index is 0.0234. The van der Waals surface area contributed by atoms with Crippen LogP contribution >= 0.6 is 0 Å². The molecule has 1 aromatic rings. The third-order valence-electron chi connectivity index (χ3n) is 6.18. The number of unbranched alkanes of at least 4 members (excludes halogenated alkanes) is 5. The summed E-state index contributed by atoms with van der Waals surface area (Å²) in [6.45, 7) is 13.9.